The van der Waals surface area contributed by atoms with Crippen molar-refractivity contribution in [2.24, 2.45) is 0 Å². The van der Waals surface area contributed by atoms with Crippen molar-refractivity contribution in [1.29, 1.82) is 0 Å². The standard InChI is InChI=1S/C15H18N2O2/c1-3-6-17-7-4-5-14(17)11-19-15(18)13-8-12(2)9-16-10-13/h1,8-10,14H,4-7,11H2,2H3/t14-/m1/s1. The minimum absolute atomic E-state index is 0.248. The second-order valence-corrected chi connectivity index (χ2v) is 4.82. The number of pyridine rings is 1. The lowest BCUT2D eigenvalue weighted by Crippen LogP contribution is -2.34. The Kier molecular flexibility index (Phi) is 4.53. The topological polar surface area (TPSA) is 42.4 Å². The van der Waals surface area contributed by atoms with Crippen molar-refractivity contribution in [3.8, 4) is 12.3 Å². The lowest BCUT2D eigenvalue weighted by atomic mass is 10.2. The Morgan fingerprint density at radius 2 is 2.47 bits per heavy atom. The third-order valence-corrected chi connectivity index (χ3v) is 3.31. The maximum absolute atomic E-state index is 11.9. The largest absolute Gasteiger partial charge is 0.460 e. The number of carbonyl (C=O) groups is 1. The molecule has 1 aliphatic heterocycles. The fourth-order valence-corrected chi connectivity index (χ4v) is 2.33. The third-order valence-electron chi connectivity index (χ3n) is 3.31. The Labute approximate surface area is 113 Å². The zero-order valence-corrected chi connectivity index (χ0v) is 11.1. The molecular formula is C15H18N2O2. The van der Waals surface area contributed by atoms with Crippen LogP contribution >= 0.6 is 0 Å². The normalized spacial score (nSPS) is 19.1. The van der Waals surface area contributed by atoms with Gasteiger partial charge in [-0.3, -0.25) is 9.88 Å². The van der Waals surface area contributed by atoms with Gasteiger partial charge in [-0.1, -0.05) is 5.92 Å². The van der Waals surface area contributed by atoms with Crippen LogP contribution in [0.25, 0.3) is 0 Å². The van der Waals surface area contributed by atoms with E-state index in [4.69, 9.17) is 11.2 Å². The van der Waals surface area contributed by atoms with E-state index >= 15 is 0 Å². The Morgan fingerprint density at radius 3 is 3.21 bits per heavy atom. The molecule has 0 N–H and O–H groups in total. The Hall–Kier alpha value is -1.86. The van der Waals surface area contributed by atoms with E-state index in [9.17, 15) is 4.79 Å². The highest BCUT2D eigenvalue weighted by Crippen LogP contribution is 2.17. The van der Waals surface area contributed by atoms with Crippen LogP contribution in [0.5, 0.6) is 0 Å². The number of hydrogen-bond donors (Lipinski definition) is 0. The summed E-state index contributed by atoms with van der Waals surface area (Å²) in [5.74, 6) is 2.33. The fraction of sp³-hybridized carbons (Fsp3) is 0.467. The summed E-state index contributed by atoms with van der Waals surface area (Å²) in [6.07, 6.45) is 10.7. The molecule has 4 nitrogen and oxygen atoms in total. The Morgan fingerprint density at radius 1 is 1.63 bits per heavy atom. The van der Waals surface area contributed by atoms with E-state index in [1.807, 2.05) is 6.92 Å². The summed E-state index contributed by atoms with van der Waals surface area (Å²) < 4.78 is 5.35. The van der Waals surface area contributed by atoms with Gasteiger partial charge in [0.2, 0.25) is 0 Å². The molecule has 1 fully saturated rings. The van der Waals surface area contributed by atoms with Crippen LogP contribution in [0.4, 0.5) is 0 Å². The first kappa shape index (κ1) is 13.6. The highest BCUT2D eigenvalue weighted by Gasteiger charge is 2.25. The average Bonchev–Trinajstić information content (AvgIpc) is 2.84. The number of hydrogen-bond acceptors (Lipinski definition) is 4. The molecule has 1 aromatic rings. The number of aromatic nitrogens is 1. The summed E-state index contributed by atoms with van der Waals surface area (Å²) in [6, 6.07) is 2.03. The van der Waals surface area contributed by atoms with Crippen LogP contribution < -0.4 is 0 Å². The first-order valence-corrected chi connectivity index (χ1v) is 6.47. The molecule has 0 bridgehead atoms. The van der Waals surface area contributed by atoms with Crippen molar-refractivity contribution in [2.45, 2.75) is 25.8 Å². The quantitative estimate of drug-likeness (QED) is 0.608. The average molecular weight is 258 g/mol. The second-order valence-electron chi connectivity index (χ2n) is 4.82. The van der Waals surface area contributed by atoms with E-state index in [-0.39, 0.29) is 12.0 Å². The lowest BCUT2D eigenvalue weighted by molar-refractivity contribution is 0.0407. The van der Waals surface area contributed by atoms with Crippen LogP contribution in [-0.4, -0.2) is 41.6 Å². The summed E-state index contributed by atoms with van der Waals surface area (Å²) in [7, 11) is 0. The summed E-state index contributed by atoms with van der Waals surface area (Å²) in [5, 5.41) is 0. The molecule has 0 unspecified atom stereocenters. The molecule has 1 saturated heterocycles. The van der Waals surface area contributed by atoms with Crippen molar-refractivity contribution < 1.29 is 9.53 Å². The fourth-order valence-electron chi connectivity index (χ4n) is 2.33. The van der Waals surface area contributed by atoms with Crippen LogP contribution in [0, 0.1) is 19.3 Å². The molecule has 1 aliphatic rings. The lowest BCUT2D eigenvalue weighted by Gasteiger charge is -2.21. The number of likely N-dealkylation sites (tertiary alicyclic amines) is 1. The van der Waals surface area contributed by atoms with Gasteiger partial charge in [-0.05, 0) is 37.9 Å². The van der Waals surface area contributed by atoms with Gasteiger partial charge in [0.1, 0.15) is 6.61 Å². The van der Waals surface area contributed by atoms with Gasteiger partial charge in [-0.25, -0.2) is 4.79 Å². The number of ether oxygens (including phenoxy) is 1. The second kappa shape index (κ2) is 6.35. The molecule has 0 radical (unpaired) electrons. The molecule has 0 spiro atoms. The van der Waals surface area contributed by atoms with Crippen molar-refractivity contribution >= 4 is 5.97 Å². The molecule has 0 aliphatic carbocycles. The molecule has 2 rings (SSSR count). The number of esters is 1. The molecular weight excluding hydrogens is 240 g/mol. The van der Waals surface area contributed by atoms with E-state index in [1.54, 1.807) is 12.3 Å². The van der Waals surface area contributed by atoms with Crippen molar-refractivity contribution in [1.82, 2.24) is 9.88 Å². The van der Waals surface area contributed by atoms with Crippen LogP contribution in [-0.2, 0) is 4.74 Å². The zero-order chi connectivity index (χ0) is 13.7. The maximum Gasteiger partial charge on any atom is 0.339 e. The highest BCUT2D eigenvalue weighted by atomic mass is 16.5. The SMILES string of the molecule is C#CCN1CCC[C@@H]1COC(=O)c1cncc(C)c1. The summed E-state index contributed by atoms with van der Waals surface area (Å²) >= 11 is 0. The van der Waals surface area contributed by atoms with Gasteiger partial charge >= 0.3 is 5.97 Å². The Bertz CT molecular complexity index is 493. The van der Waals surface area contributed by atoms with E-state index in [0.717, 1.165) is 24.9 Å². The first-order chi connectivity index (χ1) is 9.20. The van der Waals surface area contributed by atoms with E-state index in [1.165, 1.54) is 6.20 Å². The van der Waals surface area contributed by atoms with Gasteiger partial charge in [0.05, 0.1) is 12.1 Å². The summed E-state index contributed by atoms with van der Waals surface area (Å²) in [4.78, 5) is 18.1. The molecule has 100 valence electrons. The van der Waals surface area contributed by atoms with Crippen LogP contribution in [0.15, 0.2) is 18.5 Å². The number of carbonyl (C=O) groups excluding carboxylic acids is 1. The third kappa shape index (κ3) is 3.55. The Balaban J connectivity index is 1.88. The van der Waals surface area contributed by atoms with E-state index in [2.05, 4.69) is 15.8 Å². The molecule has 0 amide bonds. The molecule has 0 aromatic carbocycles. The summed E-state index contributed by atoms with van der Waals surface area (Å²) in [5.41, 5.74) is 1.45. The van der Waals surface area contributed by atoms with Gasteiger partial charge in [0.15, 0.2) is 0 Å². The first-order valence-electron chi connectivity index (χ1n) is 6.47. The zero-order valence-electron chi connectivity index (χ0n) is 11.1. The minimum atomic E-state index is -0.316. The van der Waals surface area contributed by atoms with Gasteiger partial charge in [-0.15, -0.1) is 6.42 Å². The van der Waals surface area contributed by atoms with E-state index < -0.39 is 0 Å². The van der Waals surface area contributed by atoms with Crippen LogP contribution in [0.3, 0.4) is 0 Å². The van der Waals surface area contributed by atoms with Gasteiger partial charge < -0.3 is 4.74 Å². The number of aryl methyl sites for hydroxylation is 1. The molecule has 0 saturated carbocycles. The number of nitrogens with zero attached hydrogens (tertiary/aromatic N) is 2. The van der Waals surface area contributed by atoms with Crippen molar-refractivity contribution in [3.63, 3.8) is 0 Å². The van der Waals surface area contributed by atoms with Crippen molar-refractivity contribution in [2.75, 3.05) is 19.7 Å². The van der Waals surface area contributed by atoms with Crippen LogP contribution in [0.1, 0.15) is 28.8 Å². The summed E-state index contributed by atoms with van der Waals surface area (Å²) in [6.45, 7) is 3.90. The molecule has 2 heterocycles. The van der Waals surface area contributed by atoms with Gasteiger partial charge in [0.25, 0.3) is 0 Å². The molecule has 4 heteroatoms. The predicted molar refractivity (Wildman–Crippen MR) is 72.7 cm³/mol. The molecule has 1 atom stereocenters. The van der Waals surface area contributed by atoms with Crippen molar-refractivity contribution in [3.05, 3.63) is 29.6 Å². The molecule has 19 heavy (non-hydrogen) atoms. The van der Waals surface area contributed by atoms with Gasteiger partial charge in [0, 0.05) is 18.4 Å². The van der Waals surface area contributed by atoms with Gasteiger partial charge in [-0.2, -0.15) is 0 Å². The molecule has 1 aromatic heterocycles. The van der Waals surface area contributed by atoms with Crippen LogP contribution in [0.2, 0.25) is 0 Å². The highest BCUT2D eigenvalue weighted by molar-refractivity contribution is 5.89. The van der Waals surface area contributed by atoms with E-state index in [0.29, 0.717) is 18.7 Å². The number of terminal acetylenes is 1. The number of rotatable bonds is 4. The minimum Gasteiger partial charge on any atom is -0.460 e. The monoisotopic (exact) mass is 258 g/mol. The predicted octanol–water partition coefficient (Wildman–Crippen LogP) is 1.64. The maximum atomic E-state index is 11.9. The smallest absolute Gasteiger partial charge is 0.339 e.